The SMILES string of the molecule is FC(F)(F)c1ccc(N2CCCN(c3ccc(C(F)(F)F)cn3)CCN(c3ccc(C(F)(F)F)cn3)CCCN(c3ccc(C(F)(F)F)cn3)CC2)nc1. The molecule has 5 heterocycles. The van der Waals surface area contributed by atoms with Gasteiger partial charge in [-0.25, -0.2) is 19.9 Å². The molecule has 54 heavy (non-hydrogen) atoms. The number of hydrogen-bond acceptors (Lipinski definition) is 8. The Morgan fingerprint density at radius 2 is 0.519 bits per heavy atom. The zero-order valence-corrected chi connectivity index (χ0v) is 28.1. The van der Waals surface area contributed by atoms with Gasteiger partial charge in [0.05, 0.1) is 22.3 Å². The zero-order chi connectivity index (χ0) is 39.3. The molecule has 0 spiro atoms. The van der Waals surface area contributed by atoms with E-state index in [0.717, 1.165) is 24.3 Å². The lowest BCUT2D eigenvalue weighted by atomic mass is 10.2. The van der Waals surface area contributed by atoms with E-state index >= 15 is 0 Å². The van der Waals surface area contributed by atoms with Crippen molar-refractivity contribution in [2.24, 2.45) is 0 Å². The molecule has 0 N–H and O–H groups in total. The van der Waals surface area contributed by atoms with Crippen LogP contribution in [0.1, 0.15) is 35.1 Å². The molecule has 8 nitrogen and oxygen atoms in total. The number of nitrogens with zero attached hydrogens (tertiary/aromatic N) is 8. The number of rotatable bonds is 4. The Morgan fingerprint density at radius 3 is 0.667 bits per heavy atom. The predicted molar refractivity (Wildman–Crippen MR) is 175 cm³/mol. The van der Waals surface area contributed by atoms with Gasteiger partial charge < -0.3 is 19.6 Å². The Labute approximate surface area is 301 Å². The smallest absolute Gasteiger partial charge is 0.355 e. The Hall–Kier alpha value is -5.04. The minimum atomic E-state index is -4.64. The van der Waals surface area contributed by atoms with Crippen LogP contribution >= 0.6 is 0 Å². The molecule has 1 aliphatic rings. The highest BCUT2D eigenvalue weighted by Gasteiger charge is 2.34. The Balaban J connectivity index is 1.47. The second-order valence-electron chi connectivity index (χ2n) is 12.3. The summed E-state index contributed by atoms with van der Waals surface area (Å²) in [6, 6.07) is 8.23. The summed E-state index contributed by atoms with van der Waals surface area (Å²) in [4.78, 5) is 22.8. The molecular weight excluding hydrogens is 748 g/mol. The standard InChI is InChI=1S/C34H32F12N8/c35-31(36,37)23-3-7-27(47-19-23)51-11-1-12-52(28-8-4-24(20-48-28)32(38,39)40)16-18-54(30-10-6-26(22-50-30)34(44,45)46)14-2-13-53(17-15-51)29-9-5-25(21-49-29)33(41,42)43/h3-10,19-22H,1-2,11-18H2. The third kappa shape index (κ3) is 10.6. The van der Waals surface area contributed by atoms with Crippen LogP contribution in [0.3, 0.4) is 0 Å². The minimum Gasteiger partial charge on any atom is -0.355 e. The van der Waals surface area contributed by atoms with Crippen molar-refractivity contribution in [3.63, 3.8) is 0 Å². The summed E-state index contributed by atoms with van der Waals surface area (Å²) in [5.41, 5.74) is -3.91. The van der Waals surface area contributed by atoms with Gasteiger partial charge in [-0.05, 0) is 61.4 Å². The predicted octanol–water partition coefficient (Wildman–Crippen LogP) is 8.46. The highest BCUT2D eigenvalue weighted by atomic mass is 19.4. The molecule has 4 aromatic heterocycles. The average Bonchev–Trinajstić information content (AvgIpc) is 3.11. The number of pyridine rings is 4. The normalized spacial score (nSPS) is 16.4. The van der Waals surface area contributed by atoms with E-state index in [1.165, 1.54) is 24.3 Å². The van der Waals surface area contributed by atoms with Crippen molar-refractivity contribution in [3.05, 3.63) is 95.6 Å². The highest BCUT2D eigenvalue weighted by Crippen LogP contribution is 2.33. The van der Waals surface area contributed by atoms with Crippen LogP contribution in [0.2, 0.25) is 0 Å². The van der Waals surface area contributed by atoms with E-state index in [1.54, 1.807) is 19.6 Å². The van der Waals surface area contributed by atoms with E-state index in [9.17, 15) is 52.7 Å². The number of halogens is 12. The Bertz CT molecular complexity index is 1510. The summed E-state index contributed by atoms with van der Waals surface area (Å²) < 4.78 is 160. The third-order valence-corrected chi connectivity index (χ3v) is 8.59. The van der Waals surface area contributed by atoms with Crippen LogP contribution < -0.4 is 19.6 Å². The molecule has 0 unspecified atom stereocenters. The molecule has 4 aromatic rings. The van der Waals surface area contributed by atoms with Gasteiger partial charge in [-0.1, -0.05) is 0 Å². The van der Waals surface area contributed by atoms with Crippen molar-refractivity contribution in [3.8, 4) is 0 Å². The molecule has 0 bridgehead atoms. The molecule has 292 valence electrons. The molecule has 0 amide bonds. The fourth-order valence-corrected chi connectivity index (χ4v) is 5.71. The van der Waals surface area contributed by atoms with Gasteiger partial charge in [0.2, 0.25) is 0 Å². The summed E-state index contributed by atoms with van der Waals surface area (Å²) >= 11 is 0. The van der Waals surface area contributed by atoms with E-state index < -0.39 is 47.0 Å². The topological polar surface area (TPSA) is 64.5 Å². The van der Waals surface area contributed by atoms with Crippen molar-refractivity contribution in [2.75, 3.05) is 72.0 Å². The van der Waals surface area contributed by atoms with E-state index in [4.69, 9.17) is 0 Å². The number of alkyl halides is 12. The summed E-state index contributed by atoms with van der Waals surface area (Å²) in [6.07, 6.45) is -15.3. The van der Waals surface area contributed by atoms with Crippen LogP contribution in [0.25, 0.3) is 0 Å². The fraction of sp³-hybridized carbons (Fsp3) is 0.412. The molecule has 20 heteroatoms. The lowest BCUT2D eigenvalue weighted by molar-refractivity contribution is -0.138. The van der Waals surface area contributed by atoms with E-state index in [0.29, 0.717) is 24.8 Å². The second kappa shape index (κ2) is 16.1. The van der Waals surface area contributed by atoms with E-state index in [2.05, 4.69) is 19.9 Å². The van der Waals surface area contributed by atoms with E-state index in [-0.39, 0.29) is 88.5 Å². The molecule has 0 aromatic carbocycles. The van der Waals surface area contributed by atoms with E-state index in [1.807, 2.05) is 0 Å². The van der Waals surface area contributed by atoms with Crippen LogP contribution in [0.5, 0.6) is 0 Å². The summed E-state index contributed by atoms with van der Waals surface area (Å²) in [6.45, 7) is 1.16. The third-order valence-electron chi connectivity index (χ3n) is 8.59. The molecule has 1 aliphatic heterocycles. The molecule has 1 saturated heterocycles. The quantitative estimate of drug-likeness (QED) is 0.191. The monoisotopic (exact) mass is 780 g/mol. The first-order valence-corrected chi connectivity index (χ1v) is 16.4. The maximum Gasteiger partial charge on any atom is 0.417 e. The van der Waals surface area contributed by atoms with Crippen LogP contribution in [0.4, 0.5) is 76.0 Å². The first kappa shape index (κ1) is 40.2. The van der Waals surface area contributed by atoms with Crippen LogP contribution in [0, 0.1) is 0 Å². The maximum atomic E-state index is 13.3. The first-order chi connectivity index (χ1) is 25.3. The van der Waals surface area contributed by atoms with Crippen LogP contribution in [-0.2, 0) is 24.7 Å². The minimum absolute atomic E-state index is 0.115. The number of aromatic nitrogens is 4. The summed E-state index contributed by atoms with van der Waals surface area (Å²) in [7, 11) is 0. The van der Waals surface area contributed by atoms with Crippen molar-refractivity contribution in [1.29, 1.82) is 0 Å². The van der Waals surface area contributed by atoms with Gasteiger partial charge in [-0.2, -0.15) is 52.7 Å². The molecule has 0 atom stereocenters. The molecule has 0 saturated carbocycles. The lowest BCUT2D eigenvalue weighted by Crippen LogP contribution is -2.42. The molecular formula is C34H32F12N8. The van der Waals surface area contributed by atoms with Crippen molar-refractivity contribution in [2.45, 2.75) is 37.5 Å². The van der Waals surface area contributed by atoms with Crippen LogP contribution in [0.15, 0.2) is 73.3 Å². The molecule has 5 rings (SSSR count). The number of anilines is 4. The zero-order valence-electron chi connectivity index (χ0n) is 28.1. The van der Waals surface area contributed by atoms with Gasteiger partial charge in [-0.3, -0.25) is 0 Å². The number of hydrogen-bond donors (Lipinski definition) is 0. The Morgan fingerprint density at radius 1 is 0.315 bits per heavy atom. The highest BCUT2D eigenvalue weighted by molar-refractivity contribution is 5.46. The van der Waals surface area contributed by atoms with Gasteiger partial charge in [0.25, 0.3) is 0 Å². The largest absolute Gasteiger partial charge is 0.417 e. The summed E-state index contributed by atoms with van der Waals surface area (Å²) in [5.74, 6) is 0.701. The van der Waals surface area contributed by atoms with Gasteiger partial charge in [0, 0.05) is 77.1 Å². The van der Waals surface area contributed by atoms with Gasteiger partial charge in [-0.15, -0.1) is 0 Å². The molecule has 0 radical (unpaired) electrons. The van der Waals surface area contributed by atoms with Crippen molar-refractivity contribution in [1.82, 2.24) is 19.9 Å². The van der Waals surface area contributed by atoms with Crippen molar-refractivity contribution >= 4 is 23.3 Å². The molecule has 1 fully saturated rings. The average molecular weight is 781 g/mol. The van der Waals surface area contributed by atoms with Crippen molar-refractivity contribution < 1.29 is 52.7 Å². The maximum absolute atomic E-state index is 13.3. The summed E-state index contributed by atoms with van der Waals surface area (Å²) in [5, 5.41) is 0. The van der Waals surface area contributed by atoms with Crippen LogP contribution in [-0.4, -0.2) is 72.3 Å². The van der Waals surface area contributed by atoms with Gasteiger partial charge in [0.1, 0.15) is 23.3 Å². The Kier molecular flexibility index (Phi) is 12.0. The first-order valence-electron chi connectivity index (χ1n) is 16.4. The lowest BCUT2D eigenvalue weighted by Gasteiger charge is -2.34. The molecule has 0 aliphatic carbocycles. The fourth-order valence-electron chi connectivity index (χ4n) is 5.71. The second-order valence-corrected chi connectivity index (χ2v) is 12.3. The van der Waals surface area contributed by atoms with Gasteiger partial charge >= 0.3 is 24.7 Å². The van der Waals surface area contributed by atoms with Gasteiger partial charge in [0.15, 0.2) is 0 Å².